The van der Waals surface area contributed by atoms with E-state index in [0.29, 0.717) is 48.8 Å². The molecule has 32 heavy (non-hydrogen) atoms. The van der Waals surface area contributed by atoms with Crippen molar-refractivity contribution in [3.05, 3.63) is 40.4 Å². The lowest BCUT2D eigenvalue weighted by atomic mass is 10.0. The number of carbonyl (C=O) groups is 1. The lowest BCUT2D eigenvalue weighted by Gasteiger charge is -2.31. The van der Waals surface area contributed by atoms with Crippen molar-refractivity contribution in [3.63, 3.8) is 0 Å². The molecule has 0 bridgehead atoms. The summed E-state index contributed by atoms with van der Waals surface area (Å²) in [7, 11) is 1.63. The number of para-hydroxylation sites is 1. The fraction of sp³-hybridized carbons (Fsp3) is 0.654. The molecule has 1 fully saturated rings. The van der Waals surface area contributed by atoms with Crippen LogP contribution in [0.4, 0.5) is 0 Å². The number of nitrogens with zero attached hydrogens (tertiary/aromatic N) is 3. The van der Waals surface area contributed by atoms with Gasteiger partial charge in [-0.3, -0.25) is 14.2 Å². The van der Waals surface area contributed by atoms with Gasteiger partial charge in [-0.25, -0.2) is 4.98 Å². The van der Waals surface area contributed by atoms with Gasteiger partial charge >= 0.3 is 0 Å². The van der Waals surface area contributed by atoms with Gasteiger partial charge in [0.1, 0.15) is 5.82 Å². The van der Waals surface area contributed by atoms with Gasteiger partial charge in [0.15, 0.2) is 0 Å². The van der Waals surface area contributed by atoms with Gasteiger partial charge in [0.25, 0.3) is 5.56 Å². The zero-order valence-corrected chi connectivity index (χ0v) is 20.0. The van der Waals surface area contributed by atoms with E-state index in [4.69, 9.17) is 9.72 Å². The fourth-order valence-electron chi connectivity index (χ4n) is 4.88. The molecule has 6 nitrogen and oxygen atoms in total. The largest absolute Gasteiger partial charge is 0.383 e. The molecule has 1 heterocycles. The Bertz CT molecular complexity index is 934. The standard InChI is InChI=1S/C26H39N3O3/c1-4-5-10-17-28(24(30)16-15-21-11-6-7-12-21)20(2)25-27-23-14-9-8-13-22(23)26(31)29(25)18-19-32-3/h8-9,13-14,20-21H,4-7,10-12,15-19H2,1-3H3. The second kappa shape index (κ2) is 12.1. The molecular weight excluding hydrogens is 402 g/mol. The molecule has 1 saturated carbocycles. The lowest BCUT2D eigenvalue weighted by Crippen LogP contribution is -2.39. The van der Waals surface area contributed by atoms with Crippen molar-refractivity contribution in [1.82, 2.24) is 14.5 Å². The fourth-order valence-corrected chi connectivity index (χ4v) is 4.88. The number of aromatic nitrogens is 2. The van der Waals surface area contributed by atoms with E-state index in [2.05, 4.69) is 6.92 Å². The van der Waals surface area contributed by atoms with Crippen molar-refractivity contribution in [2.45, 2.75) is 84.2 Å². The summed E-state index contributed by atoms with van der Waals surface area (Å²) in [5, 5.41) is 0.602. The average molecular weight is 442 g/mol. The zero-order valence-electron chi connectivity index (χ0n) is 20.0. The first-order valence-electron chi connectivity index (χ1n) is 12.3. The van der Waals surface area contributed by atoms with Crippen LogP contribution in [-0.4, -0.2) is 40.6 Å². The summed E-state index contributed by atoms with van der Waals surface area (Å²) >= 11 is 0. The first-order chi connectivity index (χ1) is 15.6. The van der Waals surface area contributed by atoms with E-state index >= 15 is 0 Å². The molecule has 0 spiro atoms. The highest BCUT2D eigenvalue weighted by atomic mass is 16.5. The van der Waals surface area contributed by atoms with Crippen LogP contribution < -0.4 is 5.56 Å². The van der Waals surface area contributed by atoms with Crippen LogP contribution in [0.2, 0.25) is 0 Å². The maximum atomic E-state index is 13.4. The number of rotatable bonds is 12. The summed E-state index contributed by atoms with van der Waals surface area (Å²) in [6.45, 7) is 5.73. The topological polar surface area (TPSA) is 64.4 Å². The Morgan fingerprint density at radius 1 is 1.25 bits per heavy atom. The van der Waals surface area contributed by atoms with Gasteiger partial charge in [-0.15, -0.1) is 0 Å². The number of hydrogen-bond acceptors (Lipinski definition) is 4. The summed E-state index contributed by atoms with van der Waals surface area (Å²) in [5.74, 6) is 1.52. The van der Waals surface area contributed by atoms with Gasteiger partial charge in [0, 0.05) is 20.1 Å². The molecule has 3 rings (SSSR count). The Balaban J connectivity index is 1.91. The number of carbonyl (C=O) groups excluding carboxylic acids is 1. The van der Waals surface area contributed by atoms with Crippen LogP contribution in [0.25, 0.3) is 10.9 Å². The molecule has 6 heteroatoms. The number of unbranched alkanes of at least 4 members (excludes halogenated alkanes) is 2. The van der Waals surface area contributed by atoms with Crippen molar-refractivity contribution in [1.29, 1.82) is 0 Å². The van der Waals surface area contributed by atoms with Crippen LogP contribution in [0.3, 0.4) is 0 Å². The molecule has 1 aromatic heterocycles. The van der Waals surface area contributed by atoms with Crippen LogP contribution >= 0.6 is 0 Å². The highest BCUT2D eigenvalue weighted by molar-refractivity contribution is 5.78. The van der Waals surface area contributed by atoms with E-state index in [1.54, 1.807) is 11.7 Å². The molecule has 0 N–H and O–H groups in total. The number of ether oxygens (including phenoxy) is 1. The number of methoxy groups -OCH3 is 1. The second-order valence-electron chi connectivity index (χ2n) is 9.10. The second-order valence-corrected chi connectivity index (χ2v) is 9.10. The Kier molecular flexibility index (Phi) is 9.27. The van der Waals surface area contributed by atoms with Gasteiger partial charge in [0.2, 0.25) is 5.91 Å². The molecule has 1 aromatic carbocycles. The molecule has 1 amide bonds. The Morgan fingerprint density at radius 3 is 2.72 bits per heavy atom. The Morgan fingerprint density at radius 2 is 2.00 bits per heavy atom. The Labute approximate surface area is 192 Å². The summed E-state index contributed by atoms with van der Waals surface area (Å²) in [6.07, 6.45) is 9.79. The maximum absolute atomic E-state index is 13.4. The van der Waals surface area contributed by atoms with E-state index in [9.17, 15) is 9.59 Å². The van der Waals surface area contributed by atoms with Gasteiger partial charge in [-0.1, -0.05) is 57.6 Å². The zero-order chi connectivity index (χ0) is 22.9. The van der Waals surface area contributed by atoms with Crippen LogP contribution in [0.5, 0.6) is 0 Å². The first-order valence-corrected chi connectivity index (χ1v) is 12.3. The number of benzene rings is 1. The van der Waals surface area contributed by atoms with Crippen molar-refractivity contribution >= 4 is 16.8 Å². The molecular formula is C26H39N3O3. The molecule has 0 aliphatic heterocycles. The quantitative estimate of drug-likeness (QED) is 0.430. The van der Waals surface area contributed by atoms with Crippen molar-refractivity contribution in [2.24, 2.45) is 5.92 Å². The summed E-state index contributed by atoms with van der Waals surface area (Å²) < 4.78 is 6.96. The summed E-state index contributed by atoms with van der Waals surface area (Å²) in [4.78, 5) is 33.5. The van der Waals surface area contributed by atoms with E-state index in [1.165, 1.54) is 25.7 Å². The summed E-state index contributed by atoms with van der Waals surface area (Å²) in [5.41, 5.74) is 0.612. The van der Waals surface area contributed by atoms with Gasteiger partial charge in [0.05, 0.1) is 30.1 Å². The smallest absolute Gasteiger partial charge is 0.261 e. The van der Waals surface area contributed by atoms with Gasteiger partial charge < -0.3 is 9.64 Å². The number of fused-ring (bicyclic) bond motifs is 1. The van der Waals surface area contributed by atoms with Crippen molar-refractivity contribution < 1.29 is 9.53 Å². The van der Waals surface area contributed by atoms with E-state index < -0.39 is 0 Å². The molecule has 1 atom stereocenters. The van der Waals surface area contributed by atoms with Gasteiger partial charge in [-0.05, 0) is 37.8 Å². The van der Waals surface area contributed by atoms with E-state index in [-0.39, 0.29) is 17.5 Å². The highest BCUT2D eigenvalue weighted by Gasteiger charge is 2.27. The maximum Gasteiger partial charge on any atom is 0.261 e. The number of hydrogen-bond donors (Lipinski definition) is 0. The minimum absolute atomic E-state index is 0.0681. The Hall–Kier alpha value is -2.21. The molecule has 176 valence electrons. The summed E-state index contributed by atoms with van der Waals surface area (Å²) in [6, 6.07) is 7.18. The third-order valence-corrected chi connectivity index (χ3v) is 6.82. The third kappa shape index (κ3) is 5.97. The molecule has 0 radical (unpaired) electrons. The van der Waals surface area contributed by atoms with E-state index in [0.717, 1.165) is 25.7 Å². The predicted molar refractivity (Wildman–Crippen MR) is 129 cm³/mol. The van der Waals surface area contributed by atoms with Crippen LogP contribution in [0.1, 0.15) is 83.5 Å². The minimum Gasteiger partial charge on any atom is -0.383 e. The number of amides is 1. The SMILES string of the molecule is CCCCCN(C(=O)CCC1CCCC1)C(C)c1nc2ccccc2c(=O)n1CCOC. The first kappa shape index (κ1) is 24.4. The molecule has 1 aliphatic rings. The van der Waals surface area contributed by atoms with Crippen molar-refractivity contribution in [3.8, 4) is 0 Å². The van der Waals surface area contributed by atoms with Crippen LogP contribution in [0, 0.1) is 5.92 Å². The molecule has 1 unspecified atom stereocenters. The molecule has 1 aliphatic carbocycles. The lowest BCUT2D eigenvalue weighted by molar-refractivity contribution is -0.134. The van der Waals surface area contributed by atoms with Crippen LogP contribution in [-0.2, 0) is 16.1 Å². The van der Waals surface area contributed by atoms with Gasteiger partial charge in [-0.2, -0.15) is 0 Å². The predicted octanol–water partition coefficient (Wildman–Crippen LogP) is 5.09. The van der Waals surface area contributed by atoms with Crippen molar-refractivity contribution in [2.75, 3.05) is 20.3 Å². The third-order valence-electron chi connectivity index (χ3n) is 6.82. The molecule has 2 aromatic rings. The molecule has 0 saturated heterocycles. The average Bonchev–Trinajstić information content (AvgIpc) is 3.33. The highest BCUT2D eigenvalue weighted by Crippen LogP contribution is 2.30. The van der Waals surface area contributed by atoms with E-state index in [1.807, 2.05) is 36.1 Å². The van der Waals surface area contributed by atoms with Crippen LogP contribution in [0.15, 0.2) is 29.1 Å². The monoisotopic (exact) mass is 441 g/mol. The minimum atomic E-state index is -0.267. The normalized spacial score (nSPS) is 15.3.